The maximum Gasteiger partial charge on any atom is 0.192 e. The van der Waals surface area contributed by atoms with Gasteiger partial charge in [-0.1, -0.05) is 0 Å². The molecule has 2 N–H and O–H groups in total. The summed E-state index contributed by atoms with van der Waals surface area (Å²) in [6.07, 6.45) is 5.13. The van der Waals surface area contributed by atoms with Crippen LogP contribution in [0.3, 0.4) is 0 Å². The monoisotopic (exact) mass is 176 g/mol. The molecule has 0 unspecified atom stereocenters. The summed E-state index contributed by atoms with van der Waals surface area (Å²) in [6, 6.07) is 0. The zero-order valence-corrected chi connectivity index (χ0v) is 6.67. The van der Waals surface area contributed by atoms with E-state index >= 15 is 0 Å². The number of sulfone groups is 1. The van der Waals surface area contributed by atoms with E-state index in [0.717, 1.165) is 6.26 Å². The Morgan fingerprint density at radius 1 is 1.64 bits per heavy atom. The van der Waals surface area contributed by atoms with Crippen LogP contribution >= 0.6 is 0 Å². The van der Waals surface area contributed by atoms with Crippen molar-refractivity contribution in [2.45, 2.75) is 0 Å². The third-order valence-electron chi connectivity index (χ3n) is 1.10. The minimum Gasteiger partial charge on any atom is -0.269 e. The highest BCUT2D eigenvalue weighted by Crippen LogP contribution is 2.04. The Kier molecular flexibility index (Phi) is 1.88. The lowest BCUT2D eigenvalue weighted by molar-refractivity contribution is -0.0775. The second kappa shape index (κ2) is 2.55. The number of hydrogen-bond acceptors (Lipinski definition) is 5. The van der Waals surface area contributed by atoms with Crippen LogP contribution in [0.4, 0.5) is 0 Å². The second-order valence-corrected chi connectivity index (χ2v) is 4.09. The zero-order chi connectivity index (χ0) is 8.48. The van der Waals surface area contributed by atoms with Gasteiger partial charge in [-0.05, 0) is 12.2 Å². The van der Waals surface area contributed by atoms with Crippen molar-refractivity contribution in [1.29, 1.82) is 0 Å². The molecule has 0 saturated heterocycles. The third-order valence-corrected chi connectivity index (χ3v) is 2.13. The third kappa shape index (κ3) is 1.95. The second-order valence-electron chi connectivity index (χ2n) is 2.10. The van der Waals surface area contributed by atoms with E-state index in [1.165, 1.54) is 18.4 Å². The van der Waals surface area contributed by atoms with Crippen LogP contribution in [0.15, 0.2) is 23.4 Å². The topological polar surface area (TPSA) is 69.6 Å². The van der Waals surface area contributed by atoms with E-state index in [0.29, 0.717) is 5.17 Å². The molecule has 0 spiro atoms. The van der Waals surface area contributed by atoms with E-state index in [4.69, 9.17) is 5.21 Å². The van der Waals surface area contributed by atoms with Gasteiger partial charge in [-0.25, -0.2) is 8.42 Å². The van der Waals surface area contributed by atoms with Crippen molar-refractivity contribution in [3.63, 3.8) is 0 Å². The Balaban J connectivity index is 2.92. The number of hydrazine groups is 1. The standard InChI is InChI=1S/C5H8N2O3S/c1-11(9,10)5-3-2-4-7(8)6-5/h2-4,6,8H,1H3. The Bertz CT molecular complexity index is 304. The molecule has 0 atom stereocenters. The molecule has 62 valence electrons. The number of hydrogen-bond donors (Lipinski definition) is 2. The van der Waals surface area contributed by atoms with Crippen LogP contribution in [0.1, 0.15) is 0 Å². The van der Waals surface area contributed by atoms with Crippen LogP contribution in [-0.2, 0) is 9.84 Å². The average molecular weight is 176 g/mol. The molecule has 11 heavy (non-hydrogen) atoms. The summed E-state index contributed by atoms with van der Waals surface area (Å²) in [7, 11) is -3.26. The largest absolute Gasteiger partial charge is 0.269 e. The molecule has 0 fully saturated rings. The van der Waals surface area contributed by atoms with Gasteiger partial charge in [0.15, 0.2) is 9.84 Å². The molecular weight excluding hydrogens is 168 g/mol. The minimum absolute atomic E-state index is 0.0255. The van der Waals surface area contributed by atoms with Gasteiger partial charge < -0.3 is 0 Å². The van der Waals surface area contributed by atoms with Gasteiger partial charge in [-0.3, -0.25) is 10.6 Å². The minimum atomic E-state index is -3.26. The lowest BCUT2D eigenvalue weighted by atomic mass is 10.5. The van der Waals surface area contributed by atoms with Crippen molar-refractivity contribution in [2.24, 2.45) is 0 Å². The molecule has 0 aliphatic carbocycles. The van der Waals surface area contributed by atoms with Gasteiger partial charge in [-0.2, -0.15) is 5.17 Å². The first-order valence-electron chi connectivity index (χ1n) is 2.83. The van der Waals surface area contributed by atoms with Gasteiger partial charge >= 0.3 is 0 Å². The molecule has 0 aromatic heterocycles. The van der Waals surface area contributed by atoms with Crippen molar-refractivity contribution < 1.29 is 13.6 Å². The van der Waals surface area contributed by atoms with Gasteiger partial charge in [0.25, 0.3) is 0 Å². The van der Waals surface area contributed by atoms with E-state index in [-0.39, 0.29) is 5.03 Å². The highest BCUT2D eigenvalue weighted by atomic mass is 32.2. The molecule has 0 amide bonds. The predicted octanol–water partition coefficient (Wildman–Crippen LogP) is -0.405. The quantitative estimate of drug-likeness (QED) is 0.568. The normalized spacial score (nSPS) is 17.6. The fourth-order valence-electron chi connectivity index (χ4n) is 0.606. The summed E-state index contributed by atoms with van der Waals surface area (Å²) >= 11 is 0. The van der Waals surface area contributed by atoms with Crippen LogP contribution in [0.2, 0.25) is 0 Å². The summed E-state index contributed by atoms with van der Waals surface area (Å²) in [4.78, 5) is 0. The smallest absolute Gasteiger partial charge is 0.192 e. The van der Waals surface area contributed by atoms with E-state index in [1.807, 2.05) is 0 Å². The summed E-state index contributed by atoms with van der Waals surface area (Å²) in [5.41, 5.74) is 2.23. The number of hydroxylamine groups is 1. The van der Waals surface area contributed by atoms with Crippen LogP contribution < -0.4 is 5.43 Å². The lowest BCUT2D eigenvalue weighted by Gasteiger charge is -2.18. The van der Waals surface area contributed by atoms with Crippen LogP contribution in [0.25, 0.3) is 0 Å². The summed E-state index contributed by atoms with van der Waals surface area (Å²) in [6.45, 7) is 0. The first kappa shape index (κ1) is 8.09. The van der Waals surface area contributed by atoms with Crippen molar-refractivity contribution >= 4 is 9.84 Å². The van der Waals surface area contributed by atoms with E-state index in [1.54, 1.807) is 0 Å². The Morgan fingerprint density at radius 3 is 2.64 bits per heavy atom. The zero-order valence-electron chi connectivity index (χ0n) is 5.85. The molecule has 0 aromatic carbocycles. The highest BCUT2D eigenvalue weighted by molar-refractivity contribution is 7.94. The van der Waals surface area contributed by atoms with Crippen LogP contribution in [0.5, 0.6) is 0 Å². The van der Waals surface area contributed by atoms with Gasteiger partial charge in [0.05, 0.1) is 6.20 Å². The van der Waals surface area contributed by atoms with E-state index in [2.05, 4.69) is 5.43 Å². The number of nitrogens with zero attached hydrogens (tertiary/aromatic N) is 1. The Hall–Kier alpha value is -1.01. The lowest BCUT2D eigenvalue weighted by Crippen LogP contribution is -2.34. The fourth-order valence-corrected chi connectivity index (χ4v) is 1.19. The molecule has 1 aliphatic heterocycles. The molecule has 1 aliphatic rings. The van der Waals surface area contributed by atoms with Crippen molar-refractivity contribution in [2.75, 3.05) is 6.26 Å². The molecule has 6 heteroatoms. The highest BCUT2D eigenvalue weighted by Gasteiger charge is 2.13. The Labute approximate surface area is 64.5 Å². The summed E-state index contributed by atoms with van der Waals surface area (Å²) in [5, 5.41) is 9.33. The van der Waals surface area contributed by atoms with Crippen molar-refractivity contribution in [3.8, 4) is 0 Å². The molecule has 0 radical (unpaired) electrons. The Morgan fingerprint density at radius 2 is 2.27 bits per heavy atom. The van der Waals surface area contributed by atoms with Crippen molar-refractivity contribution in [1.82, 2.24) is 10.6 Å². The van der Waals surface area contributed by atoms with Crippen LogP contribution in [-0.4, -0.2) is 25.1 Å². The predicted molar refractivity (Wildman–Crippen MR) is 38.8 cm³/mol. The van der Waals surface area contributed by atoms with Crippen molar-refractivity contribution in [3.05, 3.63) is 23.4 Å². The van der Waals surface area contributed by atoms with Gasteiger partial charge in [0.1, 0.15) is 5.03 Å². The molecule has 0 bridgehead atoms. The fraction of sp³-hybridized carbons (Fsp3) is 0.200. The van der Waals surface area contributed by atoms with Gasteiger partial charge in [0, 0.05) is 6.26 Å². The molecule has 1 rings (SSSR count). The SMILES string of the molecule is CS(=O)(=O)C1=CC=CN(O)N1. The number of nitrogens with one attached hydrogen (secondary N) is 1. The van der Waals surface area contributed by atoms with Gasteiger partial charge in [-0.15, -0.1) is 0 Å². The van der Waals surface area contributed by atoms with Crippen LogP contribution in [0, 0.1) is 0 Å². The molecule has 0 aromatic rings. The first-order chi connectivity index (χ1) is 5.00. The first-order valence-corrected chi connectivity index (χ1v) is 4.72. The summed E-state index contributed by atoms with van der Waals surface area (Å²) < 4.78 is 21.7. The summed E-state index contributed by atoms with van der Waals surface area (Å²) in [5.74, 6) is 0. The molecular formula is C5H8N2O3S. The maximum atomic E-state index is 10.8. The van der Waals surface area contributed by atoms with E-state index < -0.39 is 9.84 Å². The number of rotatable bonds is 1. The average Bonchev–Trinajstić information content (AvgIpc) is 1.86. The van der Waals surface area contributed by atoms with Gasteiger partial charge in [0.2, 0.25) is 0 Å². The maximum absolute atomic E-state index is 10.8. The molecule has 0 saturated carbocycles. The van der Waals surface area contributed by atoms with E-state index in [9.17, 15) is 8.42 Å². The molecule has 5 nitrogen and oxygen atoms in total. The number of allylic oxidation sites excluding steroid dienone is 2. The molecule has 1 heterocycles.